The number of nitriles is 1. The van der Waals surface area contributed by atoms with E-state index in [1.54, 1.807) is 0 Å². The highest BCUT2D eigenvalue weighted by Gasteiger charge is 2.31. The lowest BCUT2D eigenvalue weighted by molar-refractivity contribution is -0.00309. The number of alkyl halides is 2. The van der Waals surface area contributed by atoms with Crippen LogP contribution < -0.4 is 0 Å². The predicted octanol–water partition coefficient (Wildman–Crippen LogP) is 2.02. The molecule has 0 fully saturated rings. The summed E-state index contributed by atoms with van der Waals surface area (Å²) < 4.78 is 25.5. The Labute approximate surface area is 62.5 Å². The molecule has 1 N–H and O–H groups in total. The van der Waals surface area contributed by atoms with Crippen molar-refractivity contribution < 1.29 is 8.78 Å². The highest BCUT2D eigenvalue weighted by atomic mass is 19.3. The smallest absolute Gasteiger partial charge is 0.300 e. The monoisotopic (exact) mass is 156 g/mol. The van der Waals surface area contributed by atoms with Crippen molar-refractivity contribution in [3.63, 3.8) is 0 Å². The fourth-order valence-corrected chi connectivity index (χ4v) is 0.752. The summed E-state index contributed by atoms with van der Waals surface area (Å²) in [5, 5.41) is 8.06. The topological polar surface area (TPSA) is 39.6 Å². The average Bonchev–Trinajstić information content (AvgIpc) is 2.37. The van der Waals surface area contributed by atoms with Crippen molar-refractivity contribution in [1.29, 1.82) is 5.26 Å². The maximum atomic E-state index is 12.7. The van der Waals surface area contributed by atoms with Gasteiger partial charge in [-0.05, 0) is 12.1 Å². The molecule has 0 spiro atoms. The third-order valence-electron chi connectivity index (χ3n) is 1.29. The fourth-order valence-electron chi connectivity index (χ4n) is 0.752. The summed E-state index contributed by atoms with van der Waals surface area (Å²) in [6.07, 6.45) is 0.619. The number of aromatic nitrogens is 1. The highest BCUT2D eigenvalue weighted by Crippen LogP contribution is 2.29. The van der Waals surface area contributed by atoms with E-state index in [-0.39, 0.29) is 5.69 Å². The summed E-state index contributed by atoms with van der Waals surface area (Å²) in [6.45, 7) is 0. The number of halogens is 2. The van der Waals surface area contributed by atoms with Crippen LogP contribution in [-0.2, 0) is 5.92 Å². The Morgan fingerprint density at radius 3 is 2.82 bits per heavy atom. The van der Waals surface area contributed by atoms with Crippen molar-refractivity contribution in [3.05, 3.63) is 24.0 Å². The molecule has 0 radical (unpaired) electrons. The van der Waals surface area contributed by atoms with E-state index in [0.717, 1.165) is 0 Å². The molecular weight excluding hydrogens is 150 g/mol. The van der Waals surface area contributed by atoms with Gasteiger partial charge in [0, 0.05) is 6.20 Å². The maximum absolute atomic E-state index is 12.7. The normalized spacial score (nSPS) is 11.0. The number of nitrogens with zero attached hydrogens (tertiary/aromatic N) is 1. The van der Waals surface area contributed by atoms with E-state index < -0.39 is 12.3 Å². The van der Waals surface area contributed by atoms with Gasteiger partial charge in [0.1, 0.15) is 6.42 Å². The number of H-pyrrole nitrogens is 1. The largest absolute Gasteiger partial charge is 0.360 e. The third kappa shape index (κ3) is 1.55. The summed E-state index contributed by atoms with van der Waals surface area (Å²) in [5.41, 5.74) is -0.209. The minimum Gasteiger partial charge on any atom is -0.360 e. The van der Waals surface area contributed by atoms with Gasteiger partial charge < -0.3 is 4.98 Å². The molecule has 0 atom stereocenters. The zero-order chi connectivity index (χ0) is 8.32. The number of hydrogen-bond donors (Lipinski definition) is 1. The molecule has 4 heteroatoms. The van der Waals surface area contributed by atoms with E-state index >= 15 is 0 Å². The quantitative estimate of drug-likeness (QED) is 0.699. The Hall–Kier alpha value is -1.37. The maximum Gasteiger partial charge on any atom is 0.300 e. The lowest BCUT2D eigenvalue weighted by Crippen LogP contribution is -2.12. The molecule has 1 aromatic rings. The van der Waals surface area contributed by atoms with Gasteiger partial charge in [-0.1, -0.05) is 0 Å². The van der Waals surface area contributed by atoms with E-state index in [1.165, 1.54) is 24.4 Å². The first-order valence-corrected chi connectivity index (χ1v) is 3.05. The zero-order valence-electron chi connectivity index (χ0n) is 5.64. The fraction of sp³-hybridized carbons (Fsp3) is 0.286. The van der Waals surface area contributed by atoms with Crippen molar-refractivity contribution in [3.8, 4) is 6.07 Å². The molecule has 11 heavy (non-hydrogen) atoms. The van der Waals surface area contributed by atoms with E-state index in [9.17, 15) is 8.78 Å². The molecule has 0 aliphatic carbocycles. The van der Waals surface area contributed by atoms with Crippen LogP contribution in [0.1, 0.15) is 12.1 Å². The van der Waals surface area contributed by atoms with E-state index in [0.29, 0.717) is 0 Å². The Bertz CT molecular complexity index is 258. The van der Waals surface area contributed by atoms with Crippen LogP contribution in [0.3, 0.4) is 0 Å². The first-order chi connectivity index (χ1) is 5.17. The Kier molecular flexibility index (Phi) is 1.90. The lowest BCUT2D eigenvalue weighted by Gasteiger charge is -2.09. The van der Waals surface area contributed by atoms with E-state index in [2.05, 4.69) is 4.98 Å². The number of aromatic amines is 1. The molecule has 1 heterocycles. The number of nitrogens with one attached hydrogen (secondary N) is 1. The van der Waals surface area contributed by atoms with Crippen molar-refractivity contribution >= 4 is 0 Å². The van der Waals surface area contributed by atoms with Crippen LogP contribution in [0.4, 0.5) is 8.78 Å². The second-order valence-electron chi connectivity index (χ2n) is 2.12. The molecule has 2 nitrogen and oxygen atoms in total. The van der Waals surface area contributed by atoms with Crippen LogP contribution >= 0.6 is 0 Å². The summed E-state index contributed by atoms with van der Waals surface area (Å²) in [6, 6.07) is 4.16. The SMILES string of the molecule is N#CCC(F)(F)c1ccc[nH]1. The van der Waals surface area contributed by atoms with Crippen LogP contribution in [0.5, 0.6) is 0 Å². The molecule has 0 aliphatic heterocycles. The molecule has 0 unspecified atom stereocenters. The summed E-state index contributed by atoms with van der Waals surface area (Å²) in [7, 11) is 0. The summed E-state index contributed by atoms with van der Waals surface area (Å²) in [5.74, 6) is -3.04. The average molecular weight is 156 g/mol. The Morgan fingerprint density at radius 2 is 2.36 bits per heavy atom. The van der Waals surface area contributed by atoms with Crippen molar-refractivity contribution in [2.75, 3.05) is 0 Å². The first kappa shape index (κ1) is 7.73. The minimum absolute atomic E-state index is 0.209. The predicted molar refractivity (Wildman–Crippen MR) is 34.9 cm³/mol. The lowest BCUT2D eigenvalue weighted by atomic mass is 10.2. The number of rotatable bonds is 2. The molecule has 0 aliphatic rings. The van der Waals surface area contributed by atoms with Gasteiger partial charge in [-0.2, -0.15) is 14.0 Å². The van der Waals surface area contributed by atoms with Gasteiger partial charge in [0.25, 0.3) is 5.92 Å². The molecule has 58 valence electrons. The van der Waals surface area contributed by atoms with Gasteiger partial charge >= 0.3 is 0 Å². The second kappa shape index (κ2) is 2.70. The molecule has 0 amide bonds. The highest BCUT2D eigenvalue weighted by molar-refractivity contribution is 5.11. The van der Waals surface area contributed by atoms with Gasteiger partial charge in [-0.15, -0.1) is 0 Å². The standard InChI is InChI=1S/C7H6F2N2/c8-7(9,3-4-10)6-2-1-5-11-6/h1-2,5,11H,3H2. The van der Waals surface area contributed by atoms with Gasteiger partial charge in [0.2, 0.25) is 0 Å². The summed E-state index contributed by atoms with van der Waals surface area (Å²) in [4.78, 5) is 2.36. The van der Waals surface area contributed by atoms with Gasteiger partial charge in [-0.3, -0.25) is 0 Å². The molecule has 0 bridgehead atoms. The molecule has 1 aromatic heterocycles. The zero-order valence-corrected chi connectivity index (χ0v) is 5.64. The van der Waals surface area contributed by atoms with Crippen LogP contribution in [0, 0.1) is 11.3 Å². The van der Waals surface area contributed by atoms with Crippen molar-refractivity contribution in [2.45, 2.75) is 12.3 Å². The minimum atomic E-state index is -3.04. The van der Waals surface area contributed by atoms with Crippen LogP contribution in [-0.4, -0.2) is 4.98 Å². The summed E-state index contributed by atoms with van der Waals surface area (Å²) >= 11 is 0. The van der Waals surface area contributed by atoms with Gasteiger partial charge in [-0.25, -0.2) is 0 Å². The second-order valence-corrected chi connectivity index (χ2v) is 2.12. The number of hydrogen-bond acceptors (Lipinski definition) is 1. The van der Waals surface area contributed by atoms with Gasteiger partial charge in [0.15, 0.2) is 0 Å². The third-order valence-corrected chi connectivity index (χ3v) is 1.29. The molecule has 1 rings (SSSR count). The van der Waals surface area contributed by atoms with Crippen LogP contribution in [0.15, 0.2) is 18.3 Å². The Balaban J connectivity index is 2.83. The van der Waals surface area contributed by atoms with Crippen molar-refractivity contribution in [2.24, 2.45) is 0 Å². The van der Waals surface area contributed by atoms with Crippen LogP contribution in [0.25, 0.3) is 0 Å². The molecule has 0 saturated heterocycles. The molecule has 0 saturated carbocycles. The molecule has 0 aromatic carbocycles. The van der Waals surface area contributed by atoms with Gasteiger partial charge in [0.05, 0.1) is 11.8 Å². The van der Waals surface area contributed by atoms with E-state index in [4.69, 9.17) is 5.26 Å². The first-order valence-electron chi connectivity index (χ1n) is 3.05. The van der Waals surface area contributed by atoms with E-state index in [1.807, 2.05) is 0 Å². The molecular formula is C7H6F2N2. The van der Waals surface area contributed by atoms with Crippen LogP contribution in [0.2, 0.25) is 0 Å². The Morgan fingerprint density at radius 1 is 1.64 bits per heavy atom. The van der Waals surface area contributed by atoms with Crippen molar-refractivity contribution in [1.82, 2.24) is 4.98 Å².